The summed E-state index contributed by atoms with van der Waals surface area (Å²) in [5.74, 6) is 0. The first-order chi connectivity index (χ1) is 30.6. The van der Waals surface area contributed by atoms with Crippen LogP contribution in [0.1, 0.15) is 5.56 Å². The summed E-state index contributed by atoms with van der Waals surface area (Å²) in [6.07, 6.45) is 0. The van der Waals surface area contributed by atoms with Gasteiger partial charge in [0.1, 0.15) is 7.85 Å². The molecule has 0 heterocycles. The van der Waals surface area contributed by atoms with Gasteiger partial charge in [-0.3, -0.25) is 0 Å². The summed E-state index contributed by atoms with van der Waals surface area (Å²) in [6.45, 7) is 2.19. The van der Waals surface area contributed by atoms with Crippen molar-refractivity contribution in [3.63, 3.8) is 0 Å². The Hall–Kier alpha value is -7.74. The highest BCUT2D eigenvalue weighted by molar-refractivity contribution is 6.45. The van der Waals surface area contributed by atoms with Gasteiger partial charge in [-0.15, -0.1) is 0 Å². The van der Waals surface area contributed by atoms with Crippen molar-refractivity contribution in [2.24, 2.45) is 0 Å². The van der Waals surface area contributed by atoms with Gasteiger partial charge in [0.25, 0.3) is 0 Å². The van der Waals surface area contributed by atoms with Crippen LogP contribution in [0.5, 0.6) is 0 Å². The first-order valence-electron chi connectivity index (χ1n) is 21.5. The molecule has 12 aromatic rings. The van der Waals surface area contributed by atoms with E-state index in [-0.39, 0.29) is 0 Å². The van der Waals surface area contributed by atoms with E-state index in [2.05, 4.69) is 219 Å². The zero-order valence-corrected chi connectivity index (χ0v) is 34.4. The lowest BCUT2D eigenvalue weighted by atomic mass is 9.76. The highest BCUT2D eigenvalue weighted by Gasteiger charge is 2.27. The van der Waals surface area contributed by atoms with Gasteiger partial charge in [-0.2, -0.15) is 0 Å². The van der Waals surface area contributed by atoms with Crippen molar-refractivity contribution in [2.45, 2.75) is 6.92 Å². The lowest BCUT2D eigenvalue weighted by Gasteiger charge is -2.26. The van der Waals surface area contributed by atoms with Crippen molar-refractivity contribution < 1.29 is 0 Å². The average Bonchev–Trinajstić information content (AvgIpc) is 3.33. The van der Waals surface area contributed by atoms with Crippen LogP contribution in [0.3, 0.4) is 0 Å². The minimum atomic E-state index is 0.747. The Bertz CT molecular complexity index is 3420. The van der Waals surface area contributed by atoms with Gasteiger partial charge in [0, 0.05) is 0 Å². The van der Waals surface area contributed by atoms with Crippen LogP contribution in [0.15, 0.2) is 218 Å². The molecule has 0 fully saturated rings. The van der Waals surface area contributed by atoms with Crippen molar-refractivity contribution in [1.29, 1.82) is 0 Å². The molecule has 0 saturated carbocycles. The molecule has 0 unspecified atom stereocenters. The molecule has 0 aliphatic rings. The lowest BCUT2D eigenvalue weighted by Crippen LogP contribution is -2.02. The molecule has 0 atom stereocenters. The number of rotatable bonds is 6. The summed E-state index contributed by atoms with van der Waals surface area (Å²) in [5, 5.41) is 12.6. The van der Waals surface area contributed by atoms with Gasteiger partial charge in [-0.1, -0.05) is 217 Å². The first kappa shape index (κ1) is 36.1. The SMILES string of the molecule is [B]c1cccc(-c2cc(-c3ccccc3)c3c4cccc5c6c(-c7ccccc7)c(-c7cccc(C)c7)cc(-c7ccccc7)c6c6cccc(c3c2-c2ccccc2)c6c45)c1. The Kier molecular flexibility index (Phi) is 8.44. The third-order valence-corrected chi connectivity index (χ3v) is 12.9. The molecule has 286 valence electrons. The summed E-state index contributed by atoms with van der Waals surface area (Å²) in [5.41, 5.74) is 16.4. The molecule has 0 aromatic heterocycles. The van der Waals surface area contributed by atoms with Gasteiger partial charge in [0.05, 0.1) is 0 Å². The van der Waals surface area contributed by atoms with E-state index in [0.717, 1.165) is 16.6 Å². The fourth-order valence-electron chi connectivity index (χ4n) is 10.4. The molecule has 1 heteroatoms. The standard InChI is InChI=1S/C61H39B/c1-38-18-14-27-43(34-38)52-36-50(39-19-6-2-7-20-39)58-46-30-17-33-49-57(46)56-47(31-16-32-48(56)60(58)54(52)41-23-10-4-11-24-41)59-51(40-21-8-3-9-22-40)37-53(44-28-15-29-45(62)35-44)55(61(49)59)42-25-12-5-13-26-42/h2-37H,1H3. The monoisotopic (exact) mass is 782 g/mol. The predicted molar refractivity (Wildman–Crippen MR) is 268 cm³/mol. The minimum Gasteiger partial charge on any atom is -0.0961 e. The van der Waals surface area contributed by atoms with Gasteiger partial charge < -0.3 is 0 Å². The van der Waals surface area contributed by atoms with Crippen molar-refractivity contribution in [1.82, 2.24) is 0 Å². The van der Waals surface area contributed by atoms with Crippen LogP contribution in [0.2, 0.25) is 0 Å². The van der Waals surface area contributed by atoms with Gasteiger partial charge in [0.15, 0.2) is 0 Å². The third-order valence-electron chi connectivity index (χ3n) is 12.9. The zero-order valence-electron chi connectivity index (χ0n) is 34.4. The molecule has 0 N–H and O–H groups in total. The number of aryl methyl sites for hydroxylation is 1. The first-order valence-corrected chi connectivity index (χ1v) is 21.5. The zero-order chi connectivity index (χ0) is 41.3. The Morgan fingerprint density at radius 1 is 0.258 bits per heavy atom. The summed E-state index contributed by atoms with van der Waals surface area (Å²) >= 11 is 0. The maximum atomic E-state index is 6.57. The van der Waals surface area contributed by atoms with Crippen LogP contribution < -0.4 is 5.46 Å². The normalized spacial score (nSPS) is 11.7. The Labute approximate surface area is 363 Å². The molecule has 0 amide bonds. The van der Waals surface area contributed by atoms with Crippen LogP contribution in [0, 0.1) is 6.92 Å². The highest BCUT2D eigenvalue weighted by Crippen LogP contribution is 2.55. The summed E-state index contributed by atoms with van der Waals surface area (Å²) in [6, 6.07) is 80.2. The largest absolute Gasteiger partial charge is 0.113 e. The molecule has 0 bridgehead atoms. The van der Waals surface area contributed by atoms with Crippen molar-refractivity contribution in [3.8, 4) is 66.8 Å². The second kappa shape index (κ2) is 14.5. The van der Waals surface area contributed by atoms with E-state index < -0.39 is 0 Å². The summed E-state index contributed by atoms with van der Waals surface area (Å²) in [4.78, 5) is 0. The van der Waals surface area contributed by atoms with E-state index in [1.165, 1.54) is 115 Å². The molecule has 0 nitrogen and oxygen atoms in total. The molecule has 0 aliphatic carbocycles. The maximum Gasteiger partial charge on any atom is 0.113 e. The van der Waals surface area contributed by atoms with E-state index in [1.54, 1.807) is 0 Å². The fourth-order valence-corrected chi connectivity index (χ4v) is 10.4. The second-order valence-electron chi connectivity index (χ2n) is 16.6. The van der Waals surface area contributed by atoms with E-state index in [4.69, 9.17) is 7.85 Å². The van der Waals surface area contributed by atoms with Gasteiger partial charge >= 0.3 is 0 Å². The Morgan fingerprint density at radius 3 is 1.03 bits per heavy atom. The average molecular weight is 783 g/mol. The van der Waals surface area contributed by atoms with Crippen LogP contribution >= 0.6 is 0 Å². The topological polar surface area (TPSA) is 0 Å². The maximum absolute atomic E-state index is 6.57. The van der Waals surface area contributed by atoms with Crippen LogP contribution in [-0.4, -0.2) is 7.85 Å². The predicted octanol–water partition coefficient (Wildman–Crippen LogP) is 16.0. The quantitative estimate of drug-likeness (QED) is 0.0895. The number of hydrogen-bond donors (Lipinski definition) is 0. The number of hydrogen-bond acceptors (Lipinski definition) is 0. The molecule has 62 heavy (non-hydrogen) atoms. The molecule has 12 rings (SSSR count). The highest BCUT2D eigenvalue weighted by atomic mass is 14.3. The summed E-state index contributed by atoms with van der Waals surface area (Å²) in [7, 11) is 6.57. The van der Waals surface area contributed by atoms with E-state index in [0.29, 0.717) is 0 Å². The van der Waals surface area contributed by atoms with Crippen molar-refractivity contribution >= 4 is 67.2 Å². The van der Waals surface area contributed by atoms with Gasteiger partial charge in [-0.05, 0) is 140 Å². The van der Waals surface area contributed by atoms with E-state index >= 15 is 0 Å². The van der Waals surface area contributed by atoms with Crippen LogP contribution in [-0.2, 0) is 0 Å². The second-order valence-corrected chi connectivity index (χ2v) is 16.6. The number of fused-ring (bicyclic) bond motifs is 6. The van der Waals surface area contributed by atoms with Crippen molar-refractivity contribution in [3.05, 3.63) is 224 Å². The Balaban J connectivity index is 1.39. The molecule has 12 aromatic carbocycles. The van der Waals surface area contributed by atoms with E-state index in [1.807, 2.05) is 6.07 Å². The van der Waals surface area contributed by atoms with Gasteiger partial charge in [0.2, 0.25) is 0 Å². The molecule has 2 radical (unpaired) electrons. The Morgan fingerprint density at radius 2 is 0.613 bits per heavy atom. The minimum absolute atomic E-state index is 0.747. The van der Waals surface area contributed by atoms with Crippen LogP contribution in [0.4, 0.5) is 0 Å². The lowest BCUT2D eigenvalue weighted by molar-refractivity contribution is 1.47. The van der Waals surface area contributed by atoms with Crippen molar-refractivity contribution in [2.75, 3.05) is 0 Å². The summed E-state index contributed by atoms with van der Waals surface area (Å²) < 4.78 is 0. The molecule has 0 saturated heterocycles. The number of benzene rings is 12. The third kappa shape index (κ3) is 5.63. The molecule has 0 spiro atoms. The smallest absolute Gasteiger partial charge is 0.0961 e. The van der Waals surface area contributed by atoms with Gasteiger partial charge in [-0.25, -0.2) is 0 Å². The van der Waals surface area contributed by atoms with E-state index in [9.17, 15) is 0 Å². The molecular weight excluding hydrogens is 743 g/mol. The fraction of sp³-hybridized carbons (Fsp3) is 0.0164. The molecular formula is C61H39B. The van der Waals surface area contributed by atoms with Crippen LogP contribution in [0.25, 0.3) is 121 Å². The molecule has 0 aliphatic heterocycles.